The first-order chi connectivity index (χ1) is 10.4. The molecule has 2 heterocycles. The van der Waals surface area contributed by atoms with Crippen molar-refractivity contribution in [2.24, 2.45) is 0 Å². The number of benzene rings is 1. The Bertz CT molecular complexity index is 686. The van der Waals surface area contributed by atoms with E-state index >= 15 is 0 Å². The van der Waals surface area contributed by atoms with Crippen LogP contribution in [0, 0.1) is 0 Å². The third-order valence-electron chi connectivity index (χ3n) is 3.37. The normalized spacial score (nSPS) is 10.9. The highest BCUT2D eigenvalue weighted by atomic mass is 15.3. The van der Waals surface area contributed by atoms with Crippen molar-refractivity contribution in [2.45, 2.75) is 26.6 Å². The van der Waals surface area contributed by atoms with Gasteiger partial charge in [0.25, 0.3) is 0 Å². The molecule has 108 valence electrons. The number of imidazole rings is 1. The lowest BCUT2D eigenvalue weighted by Crippen LogP contribution is -2.18. The van der Waals surface area contributed by atoms with E-state index in [9.17, 15) is 0 Å². The summed E-state index contributed by atoms with van der Waals surface area (Å²) in [5.74, 6) is 0.956. The minimum absolute atomic E-state index is 0.700. The van der Waals surface area contributed by atoms with Gasteiger partial charge in [-0.2, -0.15) is 5.10 Å². The molecular formula is C15H18N6. The van der Waals surface area contributed by atoms with Crippen molar-refractivity contribution in [3.8, 4) is 5.69 Å². The number of nitrogens with zero attached hydrogens (tertiary/aromatic N) is 5. The Labute approximate surface area is 123 Å². The standard InChI is InChI=1S/C15H18N6/c1-2-21-15(18-11-19-21)10-17-9-13-5-3-4-6-14(13)20-8-7-16-12-20/h3-8,11-12,17H,2,9-10H2,1H3. The van der Waals surface area contributed by atoms with Crippen LogP contribution in [0.5, 0.6) is 0 Å². The van der Waals surface area contributed by atoms with Crippen LogP contribution in [0.1, 0.15) is 18.3 Å². The highest BCUT2D eigenvalue weighted by molar-refractivity contribution is 5.40. The number of nitrogens with one attached hydrogen (secondary N) is 1. The van der Waals surface area contributed by atoms with Gasteiger partial charge in [-0.25, -0.2) is 14.6 Å². The van der Waals surface area contributed by atoms with Crippen molar-refractivity contribution in [1.82, 2.24) is 29.6 Å². The van der Waals surface area contributed by atoms with Crippen LogP contribution in [0.15, 0.2) is 49.3 Å². The molecule has 0 radical (unpaired) electrons. The summed E-state index contributed by atoms with van der Waals surface area (Å²) < 4.78 is 3.92. The summed E-state index contributed by atoms with van der Waals surface area (Å²) in [6.45, 7) is 4.37. The molecule has 21 heavy (non-hydrogen) atoms. The van der Waals surface area contributed by atoms with Crippen LogP contribution in [-0.2, 0) is 19.6 Å². The lowest BCUT2D eigenvalue weighted by Gasteiger charge is -2.11. The molecular weight excluding hydrogens is 264 g/mol. The van der Waals surface area contributed by atoms with Crippen molar-refractivity contribution in [1.29, 1.82) is 0 Å². The number of para-hydroxylation sites is 1. The van der Waals surface area contributed by atoms with Gasteiger partial charge < -0.3 is 9.88 Å². The summed E-state index contributed by atoms with van der Waals surface area (Å²) >= 11 is 0. The summed E-state index contributed by atoms with van der Waals surface area (Å²) in [6, 6.07) is 8.29. The van der Waals surface area contributed by atoms with E-state index in [4.69, 9.17) is 0 Å². The van der Waals surface area contributed by atoms with E-state index in [0.717, 1.165) is 24.6 Å². The number of aryl methyl sites for hydroxylation is 1. The maximum Gasteiger partial charge on any atom is 0.140 e. The molecule has 0 unspecified atom stereocenters. The van der Waals surface area contributed by atoms with Crippen molar-refractivity contribution < 1.29 is 0 Å². The van der Waals surface area contributed by atoms with Gasteiger partial charge in [-0.15, -0.1) is 0 Å². The first-order valence-electron chi connectivity index (χ1n) is 7.02. The van der Waals surface area contributed by atoms with Gasteiger partial charge >= 0.3 is 0 Å². The van der Waals surface area contributed by atoms with E-state index in [1.165, 1.54) is 5.56 Å². The van der Waals surface area contributed by atoms with Crippen LogP contribution in [0.2, 0.25) is 0 Å². The summed E-state index contributed by atoms with van der Waals surface area (Å²) in [5, 5.41) is 7.60. The number of hydrogen-bond acceptors (Lipinski definition) is 4. The first kappa shape index (κ1) is 13.5. The summed E-state index contributed by atoms with van der Waals surface area (Å²) in [6.07, 6.45) is 7.15. The average molecular weight is 282 g/mol. The molecule has 0 amide bonds. The molecule has 0 aliphatic rings. The maximum atomic E-state index is 4.26. The number of rotatable bonds is 6. The van der Waals surface area contributed by atoms with E-state index < -0.39 is 0 Å². The van der Waals surface area contributed by atoms with Crippen LogP contribution in [0.3, 0.4) is 0 Å². The minimum Gasteiger partial charge on any atom is -0.306 e. The van der Waals surface area contributed by atoms with Crippen LogP contribution in [0.25, 0.3) is 5.69 Å². The number of hydrogen-bond donors (Lipinski definition) is 1. The van der Waals surface area contributed by atoms with Crippen molar-refractivity contribution in [2.75, 3.05) is 0 Å². The van der Waals surface area contributed by atoms with Crippen LogP contribution >= 0.6 is 0 Å². The molecule has 0 saturated heterocycles. The molecule has 0 spiro atoms. The Morgan fingerprint density at radius 3 is 2.90 bits per heavy atom. The fraction of sp³-hybridized carbons (Fsp3) is 0.267. The molecule has 2 aromatic heterocycles. The van der Waals surface area contributed by atoms with Gasteiger partial charge in [0.1, 0.15) is 12.2 Å². The van der Waals surface area contributed by atoms with Gasteiger partial charge in [0.15, 0.2) is 0 Å². The van der Waals surface area contributed by atoms with Crippen molar-refractivity contribution in [3.63, 3.8) is 0 Å². The molecule has 6 nitrogen and oxygen atoms in total. The predicted octanol–water partition coefficient (Wildman–Crippen LogP) is 1.77. The fourth-order valence-corrected chi connectivity index (χ4v) is 2.31. The molecule has 0 bridgehead atoms. The monoisotopic (exact) mass is 282 g/mol. The quantitative estimate of drug-likeness (QED) is 0.748. The molecule has 6 heteroatoms. The maximum absolute atomic E-state index is 4.26. The molecule has 1 N–H and O–H groups in total. The van der Waals surface area contributed by atoms with E-state index in [2.05, 4.69) is 39.4 Å². The topological polar surface area (TPSA) is 60.6 Å². The molecule has 3 rings (SSSR count). The largest absolute Gasteiger partial charge is 0.306 e. The SMILES string of the molecule is CCn1ncnc1CNCc1ccccc1-n1ccnc1. The van der Waals surface area contributed by atoms with Crippen LogP contribution < -0.4 is 5.32 Å². The lowest BCUT2D eigenvalue weighted by molar-refractivity contribution is 0.571. The summed E-state index contributed by atoms with van der Waals surface area (Å²) in [5.41, 5.74) is 2.36. The lowest BCUT2D eigenvalue weighted by atomic mass is 10.1. The fourth-order valence-electron chi connectivity index (χ4n) is 2.31. The molecule has 0 atom stereocenters. The molecule has 0 aliphatic carbocycles. The van der Waals surface area contributed by atoms with E-state index in [1.807, 2.05) is 33.9 Å². The van der Waals surface area contributed by atoms with Crippen molar-refractivity contribution in [3.05, 3.63) is 60.7 Å². The molecule has 0 fully saturated rings. The minimum atomic E-state index is 0.700. The predicted molar refractivity (Wildman–Crippen MR) is 79.8 cm³/mol. The smallest absolute Gasteiger partial charge is 0.140 e. The second kappa shape index (κ2) is 6.32. The third kappa shape index (κ3) is 3.00. The first-order valence-corrected chi connectivity index (χ1v) is 7.02. The molecule has 3 aromatic rings. The second-order valence-corrected chi connectivity index (χ2v) is 4.69. The van der Waals surface area contributed by atoms with Gasteiger partial charge in [0, 0.05) is 25.5 Å². The Morgan fingerprint density at radius 1 is 1.19 bits per heavy atom. The Morgan fingerprint density at radius 2 is 2.10 bits per heavy atom. The van der Waals surface area contributed by atoms with Gasteiger partial charge in [-0.05, 0) is 18.6 Å². The Kier molecular flexibility index (Phi) is 4.07. The molecule has 0 aliphatic heterocycles. The number of aromatic nitrogens is 5. The highest BCUT2D eigenvalue weighted by Crippen LogP contribution is 2.13. The molecule has 0 saturated carbocycles. The van der Waals surface area contributed by atoms with Crippen LogP contribution in [-0.4, -0.2) is 24.3 Å². The highest BCUT2D eigenvalue weighted by Gasteiger charge is 2.05. The third-order valence-corrected chi connectivity index (χ3v) is 3.37. The van der Waals surface area contributed by atoms with E-state index in [-0.39, 0.29) is 0 Å². The average Bonchev–Trinajstić information content (AvgIpc) is 3.19. The summed E-state index contributed by atoms with van der Waals surface area (Å²) in [7, 11) is 0. The van der Waals surface area contributed by atoms with E-state index in [0.29, 0.717) is 6.54 Å². The molecule has 1 aromatic carbocycles. The Hall–Kier alpha value is -2.47. The second-order valence-electron chi connectivity index (χ2n) is 4.69. The van der Waals surface area contributed by atoms with E-state index in [1.54, 1.807) is 12.5 Å². The van der Waals surface area contributed by atoms with Gasteiger partial charge in [0.05, 0.1) is 18.6 Å². The van der Waals surface area contributed by atoms with Gasteiger partial charge in [-0.1, -0.05) is 18.2 Å². The van der Waals surface area contributed by atoms with Gasteiger partial charge in [-0.3, -0.25) is 0 Å². The van der Waals surface area contributed by atoms with Crippen LogP contribution in [0.4, 0.5) is 0 Å². The van der Waals surface area contributed by atoms with Crippen molar-refractivity contribution >= 4 is 0 Å². The Balaban J connectivity index is 1.69. The van der Waals surface area contributed by atoms with Gasteiger partial charge in [0.2, 0.25) is 0 Å². The zero-order chi connectivity index (χ0) is 14.5. The zero-order valence-corrected chi connectivity index (χ0v) is 12.0. The summed E-state index contributed by atoms with van der Waals surface area (Å²) in [4.78, 5) is 8.37. The zero-order valence-electron chi connectivity index (χ0n) is 12.0.